The molecular weight excluding hydrogens is 400 g/mol. The molecule has 1 aromatic rings. The summed E-state index contributed by atoms with van der Waals surface area (Å²) in [5.74, 6) is -1.31. The van der Waals surface area contributed by atoms with Crippen LogP contribution in [0, 0.1) is 5.41 Å². The summed E-state index contributed by atoms with van der Waals surface area (Å²) in [5.41, 5.74) is 0.855. The number of amides is 2. The molecule has 174 valence electrons. The molecule has 2 rings (SSSR count). The number of nitrogens with zero attached hydrogens (tertiary/aromatic N) is 1. The number of aliphatic hydroxyl groups excluding tert-OH is 1. The molecule has 1 saturated heterocycles. The van der Waals surface area contributed by atoms with Crippen molar-refractivity contribution in [3.05, 3.63) is 29.8 Å². The van der Waals surface area contributed by atoms with E-state index in [0.29, 0.717) is 55.6 Å². The van der Waals surface area contributed by atoms with Crippen LogP contribution in [0.2, 0.25) is 0 Å². The number of hydrogen-bond acceptors (Lipinski definition) is 5. The largest absolute Gasteiger partial charge is 0.494 e. The van der Waals surface area contributed by atoms with Gasteiger partial charge in [0.1, 0.15) is 11.8 Å². The van der Waals surface area contributed by atoms with Gasteiger partial charge in [0.05, 0.1) is 13.2 Å². The second-order valence-electron chi connectivity index (χ2n) is 9.07. The van der Waals surface area contributed by atoms with Gasteiger partial charge in [-0.3, -0.25) is 9.59 Å². The molecule has 2 amide bonds. The number of carbonyl (C=O) groups is 3. The number of aliphatic carboxylic acids is 1. The number of aliphatic hydroxyl groups is 1. The highest BCUT2D eigenvalue weighted by Crippen LogP contribution is 2.17. The molecule has 3 N–H and O–H groups in total. The Morgan fingerprint density at radius 2 is 1.87 bits per heavy atom. The molecule has 8 nitrogen and oxygen atoms in total. The maximum atomic E-state index is 12.2. The van der Waals surface area contributed by atoms with Gasteiger partial charge in [0, 0.05) is 18.7 Å². The van der Waals surface area contributed by atoms with Crippen molar-refractivity contribution in [2.45, 2.75) is 59.4 Å². The van der Waals surface area contributed by atoms with Gasteiger partial charge in [0.25, 0.3) is 5.91 Å². The maximum Gasteiger partial charge on any atom is 0.326 e. The normalized spacial score (nSPS) is 15.6. The number of hydrogen-bond donors (Lipinski definition) is 3. The summed E-state index contributed by atoms with van der Waals surface area (Å²) in [4.78, 5) is 36.8. The Kier molecular flexibility index (Phi) is 11.0. The zero-order chi connectivity index (χ0) is 23.4. The molecule has 1 unspecified atom stereocenters. The molecule has 31 heavy (non-hydrogen) atoms. The third kappa shape index (κ3) is 10.8. The highest BCUT2D eigenvalue weighted by molar-refractivity contribution is 5.97. The van der Waals surface area contributed by atoms with Crippen molar-refractivity contribution in [1.29, 1.82) is 0 Å². The van der Waals surface area contributed by atoms with Gasteiger partial charge in [0.2, 0.25) is 5.91 Å². The summed E-state index contributed by atoms with van der Waals surface area (Å²) in [6, 6.07) is 5.78. The standard InChI is InChI=1S/C18H24N2O6.C5H12/c21-9-1-2-10-26-14-6-3-5-13(11-14)17(23)19-12-16(22)20-8-4-7-15(20)18(24)25;1-5(2,3)4/h3,5-6,11,15,21H,1-2,4,7-10,12H2,(H,19,23)(H,24,25);1-4H3. The van der Waals surface area contributed by atoms with Gasteiger partial charge < -0.3 is 25.2 Å². The molecule has 0 radical (unpaired) electrons. The molecular formula is C23H36N2O6. The third-order valence-electron chi connectivity index (χ3n) is 4.18. The van der Waals surface area contributed by atoms with E-state index in [1.165, 1.54) is 4.90 Å². The van der Waals surface area contributed by atoms with Crippen LogP contribution in [0.4, 0.5) is 0 Å². The molecule has 1 fully saturated rings. The monoisotopic (exact) mass is 436 g/mol. The highest BCUT2D eigenvalue weighted by atomic mass is 16.5. The van der Waals surface area contributed by atoms with Crippen LogP contribution in [0.15, 0.2) is 24.3 Å². The maximum absolute atomic E-state index is 12.2. The quantitative estimate of drug-likeness (QED) is 0.513. The van der Waals surface area contributed by atoms with Crippen LogP contribution >= 0.6 is 0 Å². The first-order valence-electron chi connectivity index (χ1n) is 10.7. The Morgan fingerprint density at radius 3 is 2.48 bits per heavy atom. The topological polar surface area (TPSA) is 116 Å². The molecule has 0 saturated carbocycles. The summed E-state index contributed by atoms with van der Waals surface area (Å²) in [5, 5.41) is 20.4. The molecule has 1 heterocycles. The minimum Gasteiger partial charge on any atom is -0.494 e. The molecule has 0 bridgehead atoms. The smallest absolute Gasteiger partial charge is 0.326 e. The number of likely N-dealkylation sites (tertiary alicyclic amines) is 1. The number of ether oxygens (including phenoxy) is 1. The van der Waals surface area contributed by atoms with Crippen molar-refractivity contribution < 1.29 is 29.3 Å². The minimum atomic E-state index is -1.02. The van der Waals surface area contributed by atoms with E-state index >= 15 is 0 Å². The van der Waals surface area contributed by atoms with Crippen LogP contribution in [0.5, 0.6) is 5.75 Å². The molecule has 1 aliphatic rings. The van der Waals surface area contributed by atoms with Crippen LogP contribution in [0.3, 0.4) is 0 Å². The Bertz CT molecular complexity index is 723. The lowest BCUT2D eigenvalue weighted by Crippen LogP contribution is -2.45. The van der Waals surface area contributed by atoms with Gasteiger partial charge in [-0.1, -0.05) is 33.8 Å². The lowest BCUT2D eigenvalue weighted by atomic mass is 10.0. The summed E-state index contributed by atoms with van der Waals surface area (Å²) in [7, 11) is 0. The summed E-state index contributed by atoms with van der Waals surface area (Å²) in [6.45, 7) is 9.45. The summed E-state index contributed by atoms with van der Waals surface area (Å²) in [6.07, 6.45) is 2.44. The Labute approximate surface area is 184 Å². The van der Waals surface area contributed by atoms with Crippen LogP contribution in [-0.2, 0) is 9.59 Å². The van der Waals surface area contributed by atoms with E-state index in [1.54, 1.807) is 24.3 Å². The van der Waals surface area contributed by atoms with Crippen LogP contribution in [0.1, 0.15) is 63.7 Å². The predicted molar refractivity (Wildman–Crippen MR) is 118 cm³/mol. The van der Waals surface area contributed by atoms with Gasteiger partial charge in [-0.05, 0) is 49.3 Å². The van der Waals surface area contributed by atoms with Gasteiger partial charge in [-0.15, -0.1) is 0 Å². The van der Waals surface area contributed by atoms with E-state index < -0.39 is 23.8 Å². The minimum absolute atomic E-state index is 0.111. The number of carboxylic acids is 1. The van der Waals surface area contributed by atoms with Crippen LogP contribution in [0.25, 0.3) is 0 Å². The van der Waals surface area contributed by atoms with Gasteiger partial charge in [-0.25, -0.2) is 4.79 Å². The Morgan fingerprint density at radius 1 is 1.19 bits per heavy atom. The van der Waals surface area contributed by atoms with E-state index in [1.807, 2.05) is 0 Å². The average Bonchev–Trinajstić information content (AvgIpc) is 3.18. The zero-order valence-electron chi connectivity index (χ0n) is 19.0. The van der Waals surface area contributed by atoms with E-state index in [-0.39, 0.29) is 13.2 Å². The molecule has 0 spiro atoms. The number of carboxylic acid groups (broad SMARTS) is 1. The van der Waals surface area contributed by atoms with Crippen LogP contribution < -0.4 is 10.1 Å². The second kappa shape index (κ2) is 12.9. The van der Waals surface area contributed by atoms with Gasteiger partial charge >= 0.3 is 5.97 Å². The van der Waals surface area contributed by atoms with Crippen molar-refractivity contribution in [2.24, 2.45) is 5.41 Å². The fourth-order valence-electron chi connectivity index (χ4n) is 2.81. The number of rotatable bonds is 9. The van der Waals surface area contributed by atoms with Gasteiger partial charge in [-0.2, -0.15) is 0 Å². The van der Waals surface area contributed by atoms with Crippen LogP contribution in [-0.4, -0.2) is 65.2 Å². The summed E-state index contributed by atoms with van der Waals surface area (Å²) >= 11 is 0. The van der Waals surface area contributed by atoms with Gasteiger partial charge in [0.15, 0.2) is 0 Å². The van der Waals surface area contributed by atoms with E-state index in [4.69, 9.17) is 14.9 Å². The highest BCUT2D eigenvalue weighted by Gasteiger charge is 2.33. The van der Waals surface area contributed by atoms with E-state index in [0.717, 1.165) is 0 Å². The third-order valence-corrected chi connectivity index (χ3v) is 4.18. The SMILES string of the molecule is CC(C)(C)C.O=C(NCC(=O)N1CCCC1C(=O)O)c1cccc(OCCCCO)c1. The average molecular weight is 437 g/mol. The van der Waals surface area contributed by atoms with Crippen molar-refractivity contribution in [1.82, 2.24) is 10.2 Å². The molecule has 1 aliphatic heterocycles. The molecule has 8 heteroatoms. The van der Waals surface area contributed by atoms with Crippen molar-refractivity contribution in [3.8, 4) is 5.75 Å². The number of benzene rings is 1. The first-order chi connectivity index (χ1) is 14.5. The Hall–Kier alpha value is -2.61. The van der Waals surface area contributed by atoms with Crippen molar-refractivity contribution in [2.75, 3.05) is 26.3 Å². The van der Waals surface area contributed by atoms with Crippen molar-refractivity contribution >= 4 is 17.8 Å². The fourth-order valence-corrected chi connectivity index (χ4v) is 2.81. The lowest BCUT2D eigenvalue weighted by Gasteiger charge is -2.21. The lowest BCUT2D eigenvalue weighted by molar-refractivity contribution is -0.147. The molecule has 1 aromatic carbocycles. The summed E-state index contributed by atoms with van der Waals surface area (Å²) < 4.78 is 5.51. The number of unbranched alkanes of at least 4 members (excludes halogenated alkanes) is 1. The predicted octanol–water partition coefficient (Wildman–Crippen LogP) is 2.70. The first kappa shape index (κ1) is 26.4. The van der Waals surface area contributed by atoms with E-state index in [9.17, 15) is 14.4 Å². The fraction of sp³-hybridized carbons (Fsp3) is 0.609. The molecule has 0 aromatic heterocycles. The molecule has 1 atom stereocenters. The number of nitrogens with one attached hydrogen (secondary N) is 1. The Balaban J connectivity index is 0.000000861. The first-order valence-corrected chi connectivity index (χ1v) is 10.7. The van der Waals surface area contributed by atoms with E-state index in [2.05, 4.69) is 33.0 Å². The second-order valence-corrected chi connectivity index (χ2v) is 9.07. The zero-order valence-corrected chi connectivity index (χ0v) is 19.0. The number of carbonyl (C=O) groups excluding carboxylic acids is 2. The van der Waals surface area contributed by atoms with Crippen molar-refractivity contribution in [3.63, 3.8) is 0 Å². The molecule has 0 aliphatic carbocycles.